The van der Waals surface area contributed by atoms with Crippen molar-refractivity contribution in [3.63, 3.8) is 0 Å². The van der Waals surface area contributed by atoms with E-state index >= 15 is 0 Å². The number of hydrogen-bond acceptors (Lipinski definition) is 4. The molecule has 6 heteroatoms. The van der Waals surface area contributed by atoms with Gasteiger partial charge in [0.15, 0.2) is 0 Å². The second kappa shape index (κ2) is 4.91. The fourth-order valence-electron chi connectivity index (χ4n) is 3.21. The molecule has 2 heterocycles. The van der Waals surface area contributed by atoms with Crippen LogP contribution in [0.4, 0.5) is 4.79 Å². The molecule has 2 aliphatic heterocycles. The Balaban J connectivity index is 2.33. The van der Waals surface area contributed by atoms with Crippen LogP contribution in [0.25, 0.3) is 0 Å². The third-order valence-corrected chi connectivity index (χ3v) is 4.08. The minimum absolute atomic E-state index is 0.196. The van der Waals surface area contributed by atoms with Crippen LogP contribution in [0.2, 0.25) is 0 Å². The number of rotatable bonds is 2. The van der Waals surface area contributed by atoms with E-state index in [9.17, 15) is 14.7 Å². The number of nitrogens with zero attached hydrogens (tertiary/aromatic N) is 1. The molecule has 0 aromatic rings. The van der Waals surface area contributed by atoms with Crippen LogP contribution in [-0.4, -0.2) is 52.0 Å². The quantitative estimate of drug-likeness (QED) is 0.785. The normalized spacial score (nSPS) is 33.1. The van der Waals surface area contributed by atoms with Crippen molar-refractivity contribution in [3.8, 4) is 0 Å². The summed E-state index contributed by atoms with van der Waals surface area (Å²) in [4.78, 5) is 25.5. The minimum atomic E-state index is -1.12. The number of amides is 1. The molecule has 0 bridgehead atoms. The van der Waals surface area contributed by atoms with E-state index in [1.54, 1.807) is 20.8 Å². The number of carboxylic acid groups (broad SMARTS) is 1. The number of likely N-dealkylation sites (tertiary alicyclic amines) is 1. The largest absolute Gasteiger partial charge is 0.465 e. The van der Waals surface area contributed by atoms with E-state index in [0.717, 1.165) is 0 Å². The zero-order valence-electron chi connectivity index (χ0n) is 12.5. The van der Waals surface area contributed by atoms with Gasteiger partial charge >= 0.3 is 12.1 Å². The van der Waals surface area contributed by atoms with Gasteiger partial charge in [0.2, 0.25) is 0 Å². The lowest BCUT2D eigenvalue weighted by molar-refractivity contribution is -0.168. The van der Waals surface area contributed by atoms with Gasteiger partial charge in [-0.25, -0.2) is 9.59 Å². The second-order valence-corrected chi connectivity index (χ2v) is 6.51. The lowest BCUT2D eigenvalue weighted by atomic mass is 9.92. The molecule has 1 amide bonds. The van der Waals surface area contributed by atoms with Gasteiger partial charge in [-0.05, 0) is 33.6 Å². The molecule has 20 heavy (non-hydrogen) atoms. The highest BCUT2D eigenvalue weighted by Crippen LogP contribution is 2.43. The third-order valence-electron chi connectivity index (χ3n) is 4.08. The molecule has 2 fully saturated rings. The average Bonchev–Trinajstić information content (AvgIpc) is 2.82. The minimum Gasteiger partial charge on any atom is -0.465 e. The van der Waals surface area contributed by atoms with Crippen LogP contribution in [0.1, 0.15) is 47.0 Å². The molecule has 2 aliphatic rings. The van der Waals surface area contributed by atoms with E-state index < -0.39 is 23.2 Å². The molecule has 3 atom stereocenters. The maximum atomic E-state index is 12.6. The smallest absolute Gasteiger partial charge is 0.408 e. The van der Waals surface area contributed by atoms with Gasteiger partial charge in [0.25, 0.3) is 0 Å². The average molecular weight is 285 g/mol. The number of fused-ring (bicyclic) bond motifs is 1. The third kappa shape index (κ3) is 2.37. The fraction of sp³-hybridized carbons (Fsp3) is 0.857. The lowest BCUT2D eigenvalue weighted by Crippen LogP contribution is -2.56. The summed E-state index contributed by atoms with van der Waals surface area (Å²) in [5.41, 5.74) is -1.75. The Kier molecular flexibility index (Phi) is 3.71. The van der Waals surface area contributed by atoms with E-state index in [1.807, 2.05) is 6.92 Å². The van der Waals surface area contributed by atoms with E-state index in [0.29, 0.717) is 25.9 Å². The Labute approximate surface area is 119 Å². The number of esters is 1. The van der Waals surface area contributed by atoms with Gasteiger partial charge in [-0.3, -0.25) is 4.90 Å². The molecule has 2 rings (SSSR count). The SMILES string of the molecule is CCC1(C(=O)OC(C)(C)C)CC2OCCC2N1C(=O)O. The Hall–Kier alpha value is -1.30. The standard InChI is InChI=1S/C14H23NO5/c1-5-14(11(16)20-13(2,3)4)8-10-9(6-7-19-10)15(14)12(17)18/h9-10H,5-8H2,1-4H3,(H,17,18). The Bertz CT molecular complexity index is 416. The molecule has 0 saturated carbocycles. The van der Waals surface area contributed by atoms with Gasteiger partial charge in [0.1, 0.15) is 11.1 Å². The number of hydrogen-bond donors (Lipinski definition) is 1. The second-order valence-electron chi connectivity index (χ2n) is 6.51. The van der Waals surface area contributed by atoms with Crippen LogP contribution in [0.5, 0.6) is 0 Å². The van der Waals surface area contributed by atoms with Crippen LogP contribution >= 0.6 is 0 Å². The predicted molar refractivity (Wildman–Crippen MR) is 71.5 cm³/mol. The van der Waals surface area contributed by atoms with Crippen molar-refractivity contribution in [2.24, 2.45) is 0 Å². The van der Waals surface area contributed by atoms with Crippen molar-refractivity contribution in [1.82, 2.24) is 4.90 Å². The van der Waals surface area contributed by atoms with Gasteiger partial charge in [0, 0.05) is 13.0 Å². The molecular formula is C14H23NO5. The van der Waals surface area contributed by atoms with Crippen molar-refractivity contribution in [2.45, 2.75) is 70.2 Å². The van der Waals surface area contributed by atoms with Crippen LogP contribution in [-0.2, 0) is 14.3 Å². The zero-order valence-corrected chi connectivity index (χ0v) is 12.5. The molecule has 0 aromatic carbocycles. The van der Waals surface area contributed by atoms with Crippen molar-refractivity contribution in [3.05, 3.63) is 0 Å². The summed E-state index contributed by atoms with van der Waals surface area (Å²) >= 11 is 0. The number of carbonyl (C=O) groups excluding carboxylic acids is 1. The summed E-state index contributed by atoms with van der Waals surface area (Å²) in [6, 6.07) is -0.236. The summed E-state index contributed by atoms with van der Waals surface area (Å²) in [7, 11) is 0. The topological polar surface area (TPSA) is 76.1 Å². The van der Waals surface area contributed by atoms with E-state index in [-0.39, 0.29) is 12.1 Å². The van der Waals surface area contributed by atoms with Crippen LogP contribution in [0.15, 0.2) is 0 Å². The molecular weight excluding hydrogens is 262 g/mol. The summed E-state index contributed by atoms with van der Waals surface area (Å²) in [6.07, 6.45) is 0.149. The van der Waals surface area contributed by atoms with E-state index in [1.165, 1.54) is 4.90 Å². The molecule has 0 spiro atoms. The van der Waals surface area contributed by atoms with Gasteiger partial charge in [-0.1, -0.05) is 6.92 Å². The first-order chi connectivity index (χ1) is 9.21. The van der Waals surface area contributed by atoms with Gasteiger partial charge in [0.05, 0.1) is 12.1 Å². The fourth-order valence-corrected chi connectivity index (χ4v) is 3.21. The molecule has 3 unspecified atom stereocenters. The summed E-state index contributed by atoms with van der Waals surface area (Å²) in [6.45, 7) is 7.72. The highest BCUT2D eigenvalue weighted by molar-refractivity contribution is 5.87. The molecule has 114 valence electrons. The summed E-state index contributed by atoms with van der Waals surface area (Å²) < 4.78 is 11.0. The van der Waals surface area contributed by atoms with Crippen LogP contribution < -0.4 is 0 Å². The van der Waals surface area contributed by atoms with Crippen molar-refractivity contribution in [1.29, 1.82) is 0 Å². The van der Waals surface area contributed by atoms with Crippen LogP contribution in [0, 0.1) is 0 Å². The summed E-state index contributed by atoms with van der Waals surface area (Å²) in [5, 5.41) is 9.54. The molecule has 6 nitrogen and oxygen atoms in total. The van der Waals surface area contributed by atoms with Gasteiger partial charge < -0.3 is 14.6 Å². The Morgan fingerprint density at radius 1 is 1.45 bits per heavy atom. The van der Waals surface area contributed by atoms with Crippen molar-refractivity contribution >= 4 is 12.1 Å². The Morgan fingerprint density at radius 3 is 2.60 bits per heavy atom. The van der Waals surface area contributed by atoms with E-state index in [2.05, 4.69) is 0 Å². The highest BCUT2D eigenvalue weighted by Gasteiger charge is 2.60. The zero-order chi connectivity index (χ0) is 15.1. The highest BCUT2D eigenvalue weighted by atomic mass is 16.6. The first kappa shape index (κ1) is 15.1. The van der Waals surface area contributed by atoms with Gasteiger partial charge in [-0.2, -0.15) is 0 Å². The number of carbonyl (C=O) groups is 2. The van der Waals surface area contributed by atoms with Crippen molar-refractivity contribution < 1.29 is 24.2 Å². The first-order valence-corrected chi connectivity index (χ1v) is 7.08. The summed E-state index contributed by atoms with van der Waals surface area (Å²) in [5.74, 6) is -0.465. The molecule has 0 radical (unpaired) electrons. The van der Waals surface area contributed by atoms with Crippen LogP contribution in [0.3, 0.4) is 0 Å². The lowest BCUT2D eigenvalue weighted by Gasteiger charge is -2.37. The van der Waals surface area contributed by atoms with E-state index in [4.69, 9.17) is 9.47 Å². The maximum Gasteiger partial charge on any atom is 0.408 e. The molecule has 2 saturated heterocycles. The molecule has 1 N–H and O–H groups in total. The predicted octanol–water partition coefficient (Wildman–Crippen LogP) is 2.02. The number of ether oxygens (including phenoxy) is 2. The monoisotopic (exact) mass is 285 g/mol. The Morgan fingerprint density at radius 2 is 2.10 bits per heavy atom. The van der Waals surface area contributed by atoms with Gasteiger partial charge in [-0.15, -0.1) is 0 Å². The first-order valence-electron chi connectivity index (χ1n) is 7.08. The molecule has 0 aliphatic carbocycles. The van der Waals surface area contributed by atoms with Crippen molar-refractivity contribution in [2.75, 3.05) is 6.61 Å². The molecule has 0 aromatic heterocycles. The maximum absolute atomic E-state index is 12.6.